The van der Waals surface area contributed by atoms with Crippen molar-refractivity contribution in [2.75, 3.05) is 19.5 Å². The van der Waals surface area contributed by atoms with Crippen LogP contribution >= 0.6 is 11.6 Å². The summed E-state index contributed by atoms with van der Waals surface area (Å²) < 4.78 is 12.5. The second kappa shape index (κ2) is 9.75. The molecule has 0 saturated carbocycles. The van der Waals surface area contributed by atoms with Crippen molar-refractivity contribution in [2.45, 2.75) is 13.1 Å². The molecule has 1 amide bonds. The molecule has 0 fully saturated rings. The van der Waals surface area contributed by atoms with Gasteiger partial charge in [0.2, 0.25) is 5.91 Å². The molecule has 34 heavy (non-hydrogen) atoms. The molecule has 0 radical (unpaired) electrons. The zero-order chi connectivity index (χ0) is 24.2. The van der Waals surface area contributed by atoms with Crippen molar-refractivity contribution in [3.05, 3.63) is 86.3 Å². The van der Waals surface area contributed by atoms with Gasteiger partial charge in [0.1, 0.15) is 18.0 Å². The lowest BCUT2D eigenvalue weighted by molar-refractivity contribution is -0.116. The van der Waals surface area contributed by atoms with Crippen molar-refractivity contribution in [1.29, 1.82) is 0 Å². The number of halogens is 1. The SMILES string of the molecule is COc1cc(NC(=O)Cn2c(=O)n(Cc3ccccc3Cl)c(=O)c3nccnc32)cc(OC)c1. The molecule has 10 nitrogen and oxygen atoms in total. The lowest BCUT2D eigenvalue weighted by atomic mass is 10.2. The predicted octanol–water partition coefficient (Wildman–Crippen LogP) is 2.31. The van der Waals surface area contributed by atoms with Gasteiger partial charge in [0.15, 0.2) is 11.2 Å². The number of carbonyl (C=O) groups excluding carboxylic acids is 1. The van der Waals surface area contributed by atoms with Gasteiger partial charge in [0.05, 0.1) is 20.8 Å². The Hall–Kier alpha value is -4.18. The number of anilines is 1. The van der Waals surface area contributed by atoms with E-state index in [1.54, 1.807) is 42.5 Å². The average Bonchev–Trinajstić information content (AvgIpc) is 2.85. The molecular formula is C23H20ClN5O5. The zero-order valence-corrected chi connectivity index (χ0v) is 19.1. The van der Waals surface area contributed by atoms with Crippen LogP contribution in [0.3, 0.4) is 0 Å². The summed E-state index contributed by atoms with van der Waals surface area (Å²) in [4.78, 5) is 47.4. The number of methoxy groups -OCH3 is 2. The second-order valence-corrected chi connectivity index (χ2v) is 7.64. The van der Waals surface area contributed by atoms with E-state index in [0.717, 1.165) is 9.13 Å². The molecule has 174 valence electrons. The molecule has 0 aliphatic carbocycles. The molecule has 4 rings (SSSR count). The lowest BCUT2D eigenvalue weighted by Gasteiger charge is -2.14. The Bertz CT molecular complexity index is 1480. The maximum atomic E-state index is 13.3. The number of hydrogen-bond acceptors (Lipinski definition) is 7. The Balaban J connectivity index is 1.74. The Morgan fingerprint density at radius 2 is 1.68 bits per heavy atom. The summed E-state index contributed by atoms with van der Waals surface area (Å²) in [6, 6.07) is 11.8. The van der Waals surface area contributed by atoms with Gasteiger partial charge in [-0.15, -0.1) is 0 Å². The van der Waals surface area contributed by atoms with Gasteiger partial charge in [0.25, 0.3) is 5.56 Å². The number of benzene rings is 2. The summed E-state index contributed by atoms with van der Waals surface area (Å²) in [5.74, 6) is 0.445. The standard InChI is InChI=1S/C23H20ClN5O5/c1-33-16-9-15(10-17(11-16)34-2)27-19(30)13-28-21-20(25-7-8-26-21)22(31)29(23(28)32)12-14-5-3-4-6-18(14)24/h3-11H,12-13H2,1-2H3,(H,27,30). The minimum atomic E-state index is -0.712. The van der Waals surface area contributed by atoms with E-state index < -0.39 is 23.7 Å². The molecule has 0 atom stereocenters. The highest BCUT2D eigenvalue weighted by Gasteiger charge is 2.18. The summed E-state index contributed by atoms with van der Waals surface area (Å²) in [5.41, 5.74) is -0.380. The first kappa shape index (κ1) is 23.0. The van der Waals surface area contributed by atoms with Crippen molar-refractivity contribution < 1.29 is 14.3 Å². The number of amides is 1. The topological polar surface area (TPSA) is 117 Å². The summed E-state index contributed by atoms with van der Waals surface area (Å²) in [7, 11) is 2.99. The highest BCUT2D eigenvalue weighted by atomic mass is 35.5. The maximum absolute atomic E-state index is 13.3. The van der Waals surface area contributed by atoms with E-state index in [9.17, 15) is 14.4 Å². The monoisotopic (exact) mass is 481 g/mol. The zero-order valence-electron chi connectivity index (χ0n) is 18.3. The molecular weight excluding hydrogens is 462 g/mol. The van der Waals surface area contributed by atoms with Crippen LogP contribution < -0.4 is 26.0 Å². The van der Waals surface area contributed by atoms with Gasteiger partial charge < -0.3 is 14.8 Å². The molecule has 0 aliphatic rings. The van der Waals surface area contributed by atoms with Gasteiger partial charge in [-0.3, -0.25) is 18.7 Å². The lowest BCUT2D eigenvalue weighted by Crippen LogP contribution is -2.42. The van der Waals surface area contributed by atoms with Crippen molar-refractivity contribution in [3.63, 3.8) is 0 Å². The van der Waals surface area contributed by atoms with Gasteiger partial charge >= 0.3 is 5.69 Å². The third-order valence-electron chi connectivity index (χ3n) is 5.07. The molecule has 0 unspecified atom stereocenters. The maximum Gasteiger partial charge on any atom is 0.333 e. The second-order valence-electron chi connectivity index (χ2n) is 7.23. The van der Waals surface area contributed by atoms with E-state index in [4.69, 9.17) is 21.1 Å². The number of ether oxygens (including phenoxy) is 2. The molecule has 2 aromatic carbocycles. The van der Waals surface area contributed by atoms with Crippen molar-refractivity contribution in [1.82, 2.24) is 19.1 Å². The number of carbonyl (C=O) groups is 1. The number of rotatable bonds is 7. The van der Waals surface area contributed by atoms with E-state index >= 15 is 0 Å². The average molecular weight is 482 g/mol. The van der Waals surface area contributed by atoms with Crippen molar-refractivity contribution in [2.24, 2.45) is 0 Å². The number of aromatic nitrogens is 4. The van der Waals surface area contributed by atoms with E-state index in [1.807, 2.05) is 0 Å². The quantitative estimate of drug-likeness (QED) is 0.430. The summed E-state index contributed by atoms with van der Waals surface area (Å²) in [6.07, 6.45) is 2.70. The molecule has 0 aliphatic heterocycles. The van der Waals surface area contributed by atoms with Crippen LogP contribution in [0.15, 0.2) is 64.4 Å². The smallest absolute Gasteiger partial charge is 0.333 e. The van der Waals surface area contributed by atoms with Crippen LogP contribution in [0, 0.1) is 0 Å². The van der Waals surface area contributed by atoms with Crippen LogP contribution in [0.2, 0.25) is 5.02 Å². The molecule has 11 heteroatoms. The first-order valence-electron chi connectivity index (χ1n) is 10.1. The van der Waals surface area contributed by atoms with E-state index in [2.05, 4.69) is 15.3 Å². The summed E-state index contributed by atoms with van der Waals surface area (Å²) in [6.45, 7) is -0.491. The molecule has 4 aromatic rings. The number of hydrogen-bond donors (Lipinski definition) is 1. The van der Waals surface area contributed by atoms with Crippen LogP contribution in [0.4, 0.5) is 5.69 Å². The van der Waals surface area contributed by atoms with Gasteiger partial charge in [0, 0.05) is 41.3 Å². The largest absolute Gasteiger partial charge is 0.497 e. The number of nitrogens with zero attached hydrogens (tertiary/aromatic N) is 4. The van der Waals surface area contributed by atoms with E-state index in [1.165, 1.54) is 26.6 Å². The highest BCUT2D eigenvalue weighted by Crippen LogP contribution is 2.25. The third kappa shape index (κ3) is 4.62. The van der Waals surface area contributed by atoms with Gasteiger partial charge in [-0.2, -0.15) is 0 Å². The van der Waals surface area contributed by atoms with Crippen LogP contribution in [0.5, 0.6) is 11.5 Å². The van der Waals surface area contributed by atoms with Crippen molar-refractivity contribution >= 4 is 34.4 Å². The van der Waals surface area contributed by atoms with Gasteiger partial charge in [-0.1, -0.05) is 29.8 Å². The van der Waals surface area contributed by atoms with Crippen LogP contribution in [-0.4, -0.2) is 39.2 Å². The first-order chi connectivity index (χ1) is 16.4. The van der Waals surface area contributed by atoms with Gasteiger partial charge in [-0.25, -0.2) is 14.8 Å². The Morgan fingerprint density at radius 1 is 1.00 bits per heavy atom. The predicted molar refractivity (Wildman–Crippen MR) is 127 cm³/mol. The Labute approximate surface area is 198 Å². The van der Waals surface area contributed by atoms with E-state index in [0.29, 0.717) is 27.8 Å². The van der Waals surface area contributed by atoms with Crippen LogP contribution in [0.25, 0.3) is 11.2 Å². The van der Waals surface area contributed by atoms with E-state index in [-0.39, 0.29) is 17.7 Å². The number of nitrogens with one attached hydrogen (secondary N) is 1. The van der Waals surface area contributed by atoms with Crippen LogP contribution in [-0.2, 0) is 17.9 Å². The minimum Gasteiger partial charge on any atom is -0.497 e. The Kier molecular flexibility index (Phi) is 6.60. The summed E-state index contributed by atoms with van der Waals surface area (Å²) >= 11 is 6.22. The minimum absolute atomic E-state index is 0.00582. The molecule has 2 heterocycles. The molecule has 1 N–H and O–H groups in total. The normalized spacial score (nSPS) is 10.8. The first-order valence-corrected chi connectivity index (χ1v) is 10.5. The fourth-order valence-electron chi connectivity index (χ4n) is 3.43. The van der Waals surface area contributed by atoms with Crippen molar-refractivity contribution in [3.8, 4) is 11.5 Å². The Morgan fingerprint density at radius 3 is 2.35 bits per heavy atom. The van der Waals surface area contributed by atoms with Crippen LogP contribution in [0.1, 0.15) is 5.56 Å². The highest BCUT2D eigenvalue weighted by molar-refractivity contribution is 6.31. The molecule has 0 bridgehead atoms. The summed E-state index contributed by atoms with van der Waals surface area (Å²) in [5, 5.41) is 3.12. The fraction of sp³-hybridized carbons (Fsp3) is 0.174. The molecule has 0 spiro atoms. The number of fused-ring (bicyclic) bond motifs is 1. The third-order valence-corrected chi connectivity index (χ3v) is 5.44. The molecule has 0 saturated heterocycles. The fourth-order valence-corrected chi connectivity index (χ4v) is 3.63. The van der Waals surface area contributed by atoms with Gasteiger partial charge in [-0.05, 0) is 11.6 Å². The molecule has 2 aromatic heterocycles.